The zero-order valence-electron chi connectivity index (χ0n) is 19.4. The Morgan fingerprint density at radius 2 is 1.97 bits per heavy atom. The van der Waals surface area contributed by atoms with E-state index in [1.807, 2.05) is 9.21 Å². The van der Waals surface area contributed by atoms with Crippen LogP contribution in [0.4, 0.5) is 11.4 Å². The molecule has 10 heteroatoms. The second-order valence-electron chi connectivity index (χ2n) is 8.65. The number of anilines is 1. The third-order valence-electron chi connectivity index (χ3n) is 6.68. The summed E-state index contributed by atoms with van der Waals surface area (Å²) < 4.78 is 16.9. The Morgan fingerprint density at radius 1 is 1.23 bits per heavy atom. The van der Waals surface area contributed by atoms with Gasteiger partial charge in [0.05, 0.1) is 36.1 Å². The lowest BCUT2D eigenvalue weighted by molar-refractivity contribution is -0.385. The first kappa shape index (κ1) is 26.2. The highest BCUT2D eigenvalue weighted by atomic mass is 79.9. The van der Waals surface area contributed by atoms with Crippen LogP contribution in [-0.4, -0.2) is 73.3 Å². The highest BCUT2D eigenvalue weighted by molar-refractivity contribution is 9.09. The van der Waals surface area contributed by atoms with Gasteiger partial charge in [-0.3, -0.25) is 15.0 Å². The monoisotopic (exact) mass is 622 g/mol. The summed E-state index contributed by atoms with van der Waals surface area (Å²) in [6.45, 7) is 8.36. The number of terminal acetylenes is 1. The molecule has 0 saturated carbocycles. The van der Waals surface area contributed by atoms with E-state index in [4.69, 9.17) is 6.42 Å². The molecule has 2 atom stereocenters. The number of rotatable bonds is 7. The van der Waals surface area contributed by atoms with Crippen LogP contribution in [0.25, 0.3) is 0 Å². The van der Waals surface area contributed by atoms with Gasteiger partial charge in [-0.25, -0.2) is 8.51 Å². The van der Waals surface area contributed by atoms with E-state index in [0.29, 0.717) is 51.4 Å². The minimum absolute atomic E-state index is 0.134. The van der Waals surface area contributed by atoms with Gasteiger partial charge >= 0.3 is 0 Å². The third-order valence-corrected chi connectivity index (χ3v) is 10.9. The smallest absolute Gasteiger partial charge is 0.272 e. The summed E-state index contributed by atoms with van der Waals surface area (Å²) in [5.74, 6) is 2.89. The molecule has 4 rings (SSSR count). The summed E-state index contributed by atoms with van der Waals surface area (Å²) in [6.07, 6.45) is 15.1. The second-order valence-corrected chi connectivity index (χ2v) is 12.5. The summed E-state index contributed by atoms with van der Waals surface area (Å²) >= 11 is 7.05. The molecule has 0 radical (unpaired) electrons. The van der Waals surface area contributed by atoms with Crippen molar-refractivity contribution in [1.29, 1.82) is 0 Å². The number of piperazine rings is 1. The summed E-state index contributed by atoms with van der Waals surface area (Å²) in [5.41, 5.74) is 2.10. The zero-order valence-corrected chi connectivity index (χ0v) is 23.4. The number of alkyl halides is 2. The predicted molar refractivity (Wildman–Crippen MR) is 151 cm³/mol. The number of halogens is 2. The highest BCUT2D eigenvalue weighted by Crippen LogP contribution is 2.42. The first-order chi connectivity index (χ1) is 16.8. The number of hydrogen-bond donors (Lipinski definition) is 0. The molecular weight excluding hydrogens is 596 g/mol. The number of hydrogen-bond acceptors (Lipinski definition) is 5. The molecule has 0 amide bonds. The number of allylic oxidation sites excluding steroid dienone is 3. The maximum atomic E-state index is 14.9. The zero-order chi connectivity index (χ0) is 25.2. The molecule has 0 bridgehead atoms. The number of non-ortho nitro benzene ring substituents is 1. The molecule has 2 unspecified atom stereocenters. The van der Waals surface area contributed by atoms with Gasteiger partial charge in [-0.05, 0) is 6.42 Å². The van der Waals surface area contributed by atoms with E-state index in [0.717, 1.165) is 26.1 Å². The summed E-state index contributed by atoms with van der Waals surface area (Å²) in [4.78, 5) is 16.7. The lowest BCUT2D eigenvalue weighted by atomic mass is 9.97. The van der Waals surface area contributed by atoms with Crippen molar-refractivity contribution >= 4 is 57.9 Å². The first-order valence-electron chi connectivity index (χ1n) is 11.4. The maximum absolute atomic E-state index is 14.9. The topological polar surface area (TPSA) is 69.9 Å². The van der Waals surface area contributed by atoms with Crippen molar-refractivity contribution in [1.82, 2.24) is 9.21 Å². The van der Waals surface area contributed by atoms with Gasteiger partial charge in [-0.15, -0.1) is 6.42 Å². The molecular formula is C25H28Br2N4O3S. The number of nitro benzene ring substituents is 1. The van der Waals surface area contributed by atoms with Crippen LogP contribution < -0.4 is 4.90 Å². The number of nitro groups is 1. The minimum Gasteiger partial charge on any atom is -0.333 e. The lowest BCUT2D eigenvalue weighted by Gasteiger charge is -2.37. The Morgan fingerprint density at radius 3 is 2.60 bits per heavy atom. The van der Waals surface area contributed by atoms with E-state index >= 15 is 0 Å². The van der Waals surface area contributed by atoms with Gasteiger partial charge in [0, 0.05) is 62.6 Å². The standard InChI is InChI=1S/C25H28Br2N4O3S/c1-3-20-15-22(31(32)33)16-23-25(20)30(10-9-26)24(17-27)35(23,34)29-13-11-28(12-14-29)18-21-8-6-4-5-7-19(21)2/h1,4-6,8,15-16,21H,2,7,9-14,17-18H2. The molecule has 3 aliphatic rings. The van der Waals surface area contributed by atoms with E-state index in [9.17, 15) is 14.3 Å². The van der Waals surface area contributed by atoms with Crippen molar-refractivity contribution in [2.24, 2.45) is 5.92 Å². The fourth-order valence-corrected chi connectivity index (χ4v) is 9.36. The molecule has 7 nitrogen and oxygen atoms in total. The van der Waals surface area contributed by atoms with E-state index in [1.165, 1.54) is 17.7 Å². The molecule has 1 aliphatic carbocycles. The summed E-state index contributed by atoms with van der Waals surface area (Å²) in [5, 5.41) is 12.7. The van der Waals surface area contributed by atoms with Crippen molar-refractivity contribution in [2.75, 3.05) is 54.8 Å². The van der Waals surface area contributed by atoms with Crippen LogP contribution in [0.2, 0.25) is 0 Å². The van der Waals surface area contributed by atoms with Gasteiger partial charge in [0.2, 0.25) is 0 Å². The first-order valence-corrected chi connectivity index (χ1v) is 15.2. The van der Waals surface area contributed by atoms with Crippen LogP contribution in [0.15, 0.2) is 53.5 Å². The normalized spacial score (nSPS) is 24.9. The van der Waals surface area contributed by atoms with Gasteiger partial charge in [0.15, 0.2) is 0 Å². The largest absolute Gasteiger partial charge is 0.333 e. The molecule has 0 aromatic heterocycles. The second kappa shape index (κ2) is 11.0. The van der Waals surface area contributed by atoms with Gasteiger partial charge in [-0.1, -0.05) is 74.2 Å². The molecule has 1 fully saturated rings. The molecule has 35 heavy (non-hydrogen) atoms. The third kappa shape index (κ3) is 4.89. The quantitative estimate of drug-likeness (QED) is 0.114. The Kier molecular flexibility index (Phi) is 8.23. The van der Waals surface area contributed by atoms with Crippen LogP contribution in [0.3, 0.4) is 0 Å². The molecule has 1 aromatic carbocycles. The van der Waals surface area contributed by atoms with Crippen molar-refractivity contribution in [3.8, 4) is 12.3 Å². The predicted octanol–water partition coefficient (Wildman–Crippen LogP) is 4.18. The van der Waals surface area contributed by atoms with E-state index in [-0.39, 0.29) is 11.6 Å². The Hall–Kier alpha value is -1.90. The molecule has 2 aliphatic heterocycles. The average molecular weight is 624 g/mol. The van der Waals surface area contributed by atoms with Gasteiger partial charge in [0.1, 0.15) is 4.99 Å². The molecule has 0 spiro atoms. The molecule has 2 heterocycles. The van der Waals surface area contributed by atoms with Gasteiger partial charge < -0.3 is 4.90 Å². The van der Waals surface area contributed by atoms with Gasteiger partial charge in [-0.2, -0.15) is 0 Å². The maximum Gasteiger partial charge on any atom is 0.272 e. The van der Waals surface area contributed by atoms with E-state index in [2.05, 4.69) is 73.6 Å². The van der Waals surface area contributed by atoms with E-state index < -0.39 is 14.6 Å². The fourth-order valence-electron chi connectivity index (χ4n) is 4.88. The molecule has 1 aromatic rings. The SMILES string of the molecule is C#Cc1cc([N+](=O)[O-])cc2c1N(CCBr)C(CBr)=S2(=O)N1CCN(CC2C=CC=CCC2=C)CC1. The molecule has 0 N–H and O–H groups in total. The van der Waals surface area contributed by atoms with Crippen molar-refractivity contribution in [3.63, 3.8) is 0 Å². The lowest BCUT2D eigenvalue weighted by Crippen LogP contribution is -2.51. The number of fused-ring (bicyclic) bond motifs is 1. The van der Waals surface area contributed by atoms with Crippen molar-refractivity contribution in [2.45, 2.75) is 11.3 Å². The average Bonchev–Trinajstić information content (AvgIpc) is 2.95. The molecule has 1 saturated heterocycles. The Balaban J connectivity index is 1.67. The van der Waals surface area contributed by atoms with Crippen LogP contribution in [0, 0.1) is 28.4 Å². The van der Waals surface area contributed by atoms with Crippen molar-refractivity contribution in [3.05, 3.63) is 64.3 Å². The van der Waals surface area contributed by atoms with Crippen LogP contribution in [-0.2, 0) is 9.71 Å². The molecule has 186 valence electrons. The number of benzene rings is 1. The number of nitrogens with zero attached hydrogens (tertiary/aromatic N) is 4. The van der Waals surface area contributed by atoms with Crippen LogP contribution in [0.1, 0.15) is 12.0 Å². The van der Waals surface area contributed by atoms with Crippen LogP contribution >= 0.6 is 31.9 Å². The summed E-state index contributed by atoms with van der Waals surface area (Å²) in [7, 11) is -2.90. The summed E-state index contributed by atoms with van der Waals surface area (Å²) in [6, 6.07) is 2.85. The van der Waals surface area contributed by atoms with E-state index in [1.54, 1.807) is 0 Å². The van der Waals surface area contributed by atoms with Gasteiger partial charge in [0.25, 0.3) is 5.69 Å². The Labute approximate surface area is 224 Å². The van der Waals surface area contributed by atoms with Crippen molar-refractivity contribution < 1.29 is 9.13 Å². The van der Waals surface area contributed by atoms with Crippen LogP contribution in [0.5, 0.6) is 0 Å². The fraction of sp³-hybridized carbons (Fsp3) is 0.400. The Bertz CT molecular complexity index is 1250. The highest BCUT2D eigenvalue weighted by Gasteiger charge is 2.41. The minimum atomic E-state index is -2.90.